The van der Waals surface area contributed by atoms with Crippen molar-refractivity contribution in [3.05, 3.63) is 29.8 Å². The molecule has 1 aliphatic heterocycles. The van der Waals surface area contributed by atoms with Crippen molar-refractivity contribution in [3.8, 4) is 0 Å². The monoisotopic (exact) mass is 201 g/mol. The van der Waals surface area contributed by atoms with E-state index in [9.17, 15) is 18.0 Å². The van der Waals surface area contributed by atoms with E-state index in [1.165, 1.54) is 18.2 Å². The first-order valence-electron chi connectivity index (χ1n) is 3.98. The number of para-hydroxylation sites is 1. The van der Waals surface area contributed by atoms with Crippen LogP contribution in [0.25, 0.3) is 0 Å². The first-order chi connectivity index (χ1) is 6.50. The summed E-state index contributed by atoms with van der Waals surface area (Å²) in [6.45, 7) is 0. The molecule has 5 heteroatoms. The predicted molar refractivity (Wildman–Crippen MR) is 43.7 cm³/mol. The Kier molecular flexibility index (Phi) is 1.77. The molecule has 2 rings (SSSR count). The number of benzene rings is 1. The van der Waals surface area contributed by atoms with Gasteiger partial charge < -0.3 is 0 Å². The molecule has 0 aliphatic carbocycles. The van der Waals surface area contributed by atoms with Crippen LogP contribution in [-0.4, -0.2) is 12.2 Å². The zero-order chi connectivity index (χ0) is 10.3. The van der Waals surface area contributed by atoms with Crippen LogP contribution >= 0.6 is 0 Å². The second-order valence-corrected chi connectivity index (χ2v) is 3.00. The van der Waals surface area contributed by atoms with Gasteiger partial charge in [-0.3, -0.25) is 4.79 Å². The van der Waals surface area contributed by atoms with E-state index in [0.717, 1.165) is 0 Å². The number of fused-ring (bicyclic) bond motifs is 1. The Labute approximate surface area is 77.9 Å². The molecule has 0 saturated heterocycles. The lowest BCUT2D eigenvalue weighted by Crippen LogP contribution is -2.40. The van der Waals surface area contributed by atoms with Crippen molar-refractivity contribution in [3.63, 3.8) is 0 Å². The number of hydrogen-bond donors (Lipinski definition) is 0. The highest BCUT2D eigenvalue weighted by Crippen LogP contribution is 2.36. The number of amides is 1. The molecular formula is C9H6F3NO. The van der Waals surface area contributed by atoms with Gasteiger partial charge in [0.15, 0.2) is 0 Å². The van der Waals surface area contributed by atoms with Gasteiger partial charge in [0.05, 0.1) is 12.1 Å². The molecule has 0 aromatic heterocycles. The lowest BCUT2D eigenvalue weighted by atomic mass is 10.2. The summed E-state index contributed by atoms with van der Waals surface area (Å²) in [4.78, 5) is 11.0. The normalized spacial score (nSPS) is 15.9. The lowest BCUT2D eigenvalue weighted by molar-refractivity contribution is -0.148. The second-order valence-electron chi connectivity index (χ2n) is 3.00. The van der Waals surface area contributed by atoms with E-state index in [2.05, 4.69) is 0 Å². The molecule has 0 bridgehead atoms. The molecule has 0 saturated carbocycles. The molecule has 0 N–H and O–H groups in total. The van der Waals surface area contributed by atoms with Crippen LogP contribution in [0.2, 0.25) is 0 Å². The van der Waals surface area contributed by atoms with E-state index in [-0.39, 0.29) is 17.0 Å². The van der Waals surface area contributed by atoms with Crippen LogP contribution in [0, 0.1) is 0 Å². The summed E-state index contributed by atoms with van der Waals surface area (Å²) in [6, 6.07) is 5.93. The summed E-state index contributed by atoms with van der Waals surface area (Å²) in [6.07, 6.45) is -4.79. The summed E-state index contributed by atoms with van der Waals surface area (Å²) >= 11 is 0. The SMILES string of the molecule is O=C1Cc2ccccc2N1C(F)(F)F. The van der Waals surface area contributed by atoms with Crippen LogP contribution in [0.4, 0.5) is 18.9 Å². The largest absolute Gasteiger partial charge is 0.491 e. The highest BCUT2D eigenvalue weighted by molar-refractivity contribution is 6.01. The average Bonchev–Trinajstić information content (AvgIpc) is 2.38. The van der Waals surface area contributed by atoms with Crippen molar-refractivity contribution in [2.24, 2.45) is 0 Å². The molecule has 74 valence electrons. The van der Waals surface area contributed by atoms with E-state index >= 15 is 0 Å². The van der Waals surface area contributed by atoms with E-state index in [4.69, 9.17) is 0 Å². The Morgan fingerprint density at radius 1 is 1.21 bits per heavy atom. The zero-order valence-corrected chi connectivity index (χ0v) is 7.01. The molecule has 1 aromatic carbocycles. The molecule has 1 amide bonds. The Balaban J connectivity index is 2.50. The quantitative estimate of drug-likeness (QED) is 0.588. The minimum absolute atomic E-state index is 0.0509. The van der Waals surface area contributed by atoms with Gasteiger partial charge in [-0.2, -0.15) is 0 Å². The van der Waals surface area contributed by atoms with Gasteiger partial charge in [-0.1, -0.05) is 18.2 Å². The molecule has 0 unspecified atom stereocenters. The summed E-state index contributed by atoms with van der Waals surface area (Å²) in [5, 5.41) is 0. The van der Waals surface area contributed by atoms with Gasteiger partial charge in [0, 0.05) is 0 Å². The fourth-order valence-corrected chi connectivity index (χ4v) is 1.53. The van der Waals surface area contributed by atoms with E-state index in [1.807, 2.05) is 0 Å². The lowest BCUT2D eigenvalue weighted by Gasteiger charge is -2.19. The van der Waals surface area contributed by atoms with Crippen LogP contribution in [0.3, 0.4) is 0 Å². The van der Waals surface area contributed by atoms with E-state index < -0.39 is 12.2 Å². The third-order valence-electron chi connectivity index (χ3n) is 2.08. The molecule has 1 aromatic rings. The smallest absolute Gasteiger partial charge is 0.274 e. The Morgan fingerprint density at radius 2 is 1.86 bits per heavy atom. The number of anilines is 1. The van der Waals surface area contributed by atoms with E-state index in [1.54, 1.807) is 6.07 Å². The molecule has 0 atom stereocenters. The van der Waals surface area contributed by atoms with Crippen LogP contribution < -0.4 is 4.90 Å². The number of halogens is 3. The number of nitrogens with zero attached hydrogens (tertiary/aromatic N) is 1. The molecule has 14 heavy (non-hydrogen) atoms. The van der Waals surface area contributed by atoms with Crippen LogP contribution in [0.5, 0.6) is 0 Å². The average molecular weight is 201 g/mol. The summed E-state index contributed by atoms with van der Waals surface area (Å²) < 4.78 is 37.2. The van der Waals surface area contributed by atoms with Crippen LogP contribution in [-0.2, 0) is 11.2 Å². The molecule has 0 fully saturated rings. The Bertz CT molecular complexity index is 386. The second kappa shape index (κ2) is 2.73. The van der Waals surface area contributed by atoms with Gasteiger partial charge in [0.2, 0.25) is 5.91 Å². The fraction of sp³-hybridized carbons (Fsp3) is 0.222. The zero-order valence-electron chi connectivity index (χ0n) is 7.01. The maximum atomic E-state index is 12.4. The minimum atomic E-state index is -4.62. The third kappa shape index (κ3) is 1.25. The van der Waals surface area contributed by atoms with Gasteiger partial charge in [-0.25, -0.2) is 4.90 Å². The fourth-order valence-electron chi connectivity index (χ4n) is 1.53. The Morgan fingerprint density at radius 3 is 2.50 bits per heavy atom. The van der Waals surface area contributed by atoms with Gasteiger partial charge in [0.1, 0.15) is 0 Å². The maximum absolute atomic E-state index is 12.4. The first kappa shape index (κ1) is 9.05. The molecule has 0 radical (unpaired) electrons. The van der Waals surface area contributed by atoms with Gasteiger partial charge >= 0.3 is 6.30 Å². The number of carbonyl (C=O) groups excluding carboxylic acids is 1. The molecule has 1 heterocycles. The summed E-state index contributed by atoms with van der Waals surface area (Å²) in [7, 11) is 0. The van der Waals surface area contributed by atoms with Crippen molar-refractivity contribution in [2.45, 2.75) is 12.7 Å². The van der Waals surface area contributed by atoms with Crippen LogP contribution in [0.15, 0.2) is 24.3 Å². The number of rotatable bonds is 0. The van der Waals surface area contributed by atoms with Crippen molar-refractivity contribution in [1.29, 1.82) is 0 Å². The number of alkyl halides is 3. The van der Waals surface area contributed by atoms with Gasteiger partial charge in [-0.15, -0.1) is 13.2 Å². The third-order valence-corrected chi connectivity index (χ3v) is 2.08. The topological polar surface area (TPSA) is 20.3 Å². The van der Waals surface area contributed by atoms with Gasteiger partial charge in [-0.05, 0) is 11.6 Å². The first-order valence-corrected chi connectivity index (χ1v) is 3.98. The molecule has 1 aliphatic rings. The van der Waals surface area contributed by atoms with Crippen molar-refractivity contribution in [2.75, 3.05) is 4.90 Å². The molecular weight excluding hydrogens is 195 g/mol. The van der Waals surface area contributed by atoms with Crippen molar-refractivity contribution < 1.29 is 18.0 Å². The summed E-state index contributed by atoms with van der Waals surface area (Å²) in [5.41, 5.74) is 0.375. The van der Waals surface area contributed by atoms with Gasteiger partial charge in [0.25, 0.3) is 0 Å². The summed E-state index contributed by atoms with van der Waals surface area (Å²) in [5.74, 6) is -0.918. The minimum Gasteiger partial charge on any atom is -0.274 e. The maximum Gasteiger partial charge on any atom is 0.491 e. The van der Waals surface area contributed by atoms with Crippen molar-refractivity contribution in [1.82, 2.24) is 0 Å². The molecule has 0 spiro atoms. The molecule has 2 nitrogen and oxygen atoms in total. The number of carbonyl (C=O) groups is 1. The predicted octanol–water partition coefficient (Wildman–Crippen LogP) is 2.10. The number of hydrogen-bond acceptors (Lipinski definition) is 1. The Hall–Kier alpha value is -1.52. The highest BCUT2D eigenvalue weighted by Gasteiger charge is 2.46. The standard InChI is InChI=1S/C9H6F3NO/c10-9(11,12)13-7-4-2-1-3-6(7)5-8(13)14/h1-4H,5H2. The highest BCUT2D eigenvalue weighted by atomic mass is 19.4. The van der Waals surface area contributed by atoms with Crippen molar-refractivity contribution >= 4 is 11.6 Å². The van der Waals surface area contributed by atoms with Crippen LogP contribution in [0.1, 0.15) is 5.56 Å². The van der Waals surface area contributed by atoms with E-state index in [0.29, 0.717) is 5.56 Å².